The highest BCUT2D eigenvalue weighted by Gasteiger charge is 2.27. The predicted octanol–water partition coefficient (Wildman–Crippen LogP) is 2.85. The number of β-amino-alcohol motifs (C(OH)–C–C–N with tert-alkyl or cyclic N) is 1. The number of aliphatic hydroxyl groups is 1. The molecule has 0 aliphatic carbocycles. The Balaban J connectivity index is 1.94. The lowest BCUT2D eigenvalue weighted by Crippen LogP contribution is -2.31. The van der Waals surface area contributed by atoms with Crippen LogP contribution in [0.4, 0.5) is 0 Å². The van der Waals surface area contributed by atoms with E-state index in [4.69, 9.17) is 4.74 Å². The number of nitrogens with zero attached hydrogens (tertiary/aromatic N) is 1. The lowest BCUT2D eigenvalue weighted by atomic mass is 10.1. The lowest BCUT2D eigenvalue weighted by Gasteiger charge is -2.24. The van der Waals surface area contributed by atoms with Crippen molar-refractivity contribution >= 4 is 0 Å². The van der Waals surface area contributed by atoms with Crippen LogP contribution in [0.1, 0.15) is 38.9 Å². The molecule has 0 bridgehead atoms. The molecule has 1 aromatic rings. The van der Waals surface area contributed by atoms with E-state index >= 15 is 0 Å². The number of ether oxygens (including phenoxy) is 1. The molecular weight excluding hydrogens is 238 g/mol. The third-order valence-corrected chi connectivity index (χ3v) is 3.90. The minimum atomic E-state index is -0.413. The maximum absolute atomic E-state index is 10.3. The second kappa shape index (κ2) is 6.40. The van der Waals surface area contributed by atoms with Gasteiger partial charge in [0.05, 0.1) is 12.7 Å². The molecule has 19 heavy (non-hydrogen) atoms. The molecule has 3 nitrogen and oxygen atoms in total. The van der Waals surface area contributed by atoms with Gasteiger partial charge in [0.2, 0.25) is 0 Å². The number of benzene rings is 1. The van der Waals surface area contributed by atoms with E-state index in [9.17, 15) is 5.11 Å². The first-order valence-electron chi connectivity index (χ1n) is 7.25. The SMILES string of the molecule is CCOc1ccc(C(O)CN2CC(C)CC2C)cc1. The van der Waals surface area contributed by atoms with Gasteiger partial charge in [0.1, 0.15) is 5.75 Å². The quantitative estimate of drug-likeness (QED) is 0.886. The van der Waals surface area contributed by atoms with Crippen molar-refractivity contribution in [2.45, 2.75) is 39.3 Å². The summed E-state index contributed by atoms with van der Waals surface area (Å²) in [7, 11) is 0. The van der Waals surface area contributed by atoms with Crippen molar-refractivity contribution in [2.24, 2.45) is 5.92 Å². The number of hydrogen-bond donors (Lipinski definition) is 1. The first-order valence-corrected chi connectivity index (χ1v) is 7.25. The third-order valence-electron chi connectivity index (χ3n) is 3.90. The molecule has 0 aromatic heterocycles. The Morgan fingerprint density at radius 3 is 2.53 bits per heavy atom. The average molecular weight is 263 g/mol. The molecule has 1 saturated heterocycles. The van der Waals surface area contributed by atoms with E-state index in [-0.39, 0.29) is 0 Å². The highest BCUT2D eigenvalue weighted by molar-refractivity contribution is 5.28. The summed E-state index contributed by atoms with van der Waals surface area (Å²) < 4.78 is 5.41. The number of likely N-dealkylation sites (tertiary alicyclic amines) is 1. The summed E-state index contributed by atoms with van der Waals surface area (Å²) in [4.78, 5) is 2.38. The molecular formula is C16H25NO2. The molecule has 1 aromatic carbocycles. The van der Waals surface area contributed by atoms with E-state index in [2.05, 4.69) is 18.7 Å². The molecule has 0 spiro atoms. The van der Waals surface area contributed by atoms with Crippen molar-refractivity contribution in [3.05, 3.63) is 29.8 Å². The second-order valence-corrected chi connectivity index (χ2v) is 5.66. The van der Waals surface area contributed by atoms with E-state index in [0.717, 1.165) is 30.3 Å². The van der Waals surface area contributed by atoms with Gasteiger partial charge in [-0.2, -0.15) is 0 Å². The van der Waals surface area contributed by atoms with Crippen molar-refractivity contribution in [2.75, 3.05) is 19.7 Å². The molecule has 1 aliphatic rings. The third kappa shape index (κ3) is 3.71. The fourth-order valence-electron chi connectivity index (χ4n) is 2.92. The van der Waals surface area contributed by atoms with Gasteiger partial charge in [0.15, 0.2) is 0 Å². The highest BCUT2D eigenvalue weighted by Crippen LogP contribution is 2.26. The summed E-state index contributed by atoms with van der Waals surface area (Å²) in [6.07, 6.45) is 0.819. The Morgan fingerprint density at radius 2 is 2.00 bits per heavy atom. The summed E-state index contributed by atoms with van der Waals surface area (Å²) in [6.45, 7) is 8.98. The van der Waals surface area contributed by atoms with Crippen LogP contribution in [0.15, 0.2) is 24.3 Å². The van der Waals surface area contributed by atoms with Gasteiger partial charge < -0.3 is 9.84 Å². The minimum absolute atomic E-state index is 0.413. The Kier molecular flexibility index (Phi) is 4.83. The van der Waals surface area contributed by atoms with E-state index in [1.807, 2.05) is 31.2 Å². The average Bonchev–Trinajstić information content (AvgIpc) is 2.69. The number of hydrogen-bond acceptors (Lipinski definition) is 3. The largest absolute Gasteiger partial charge is 0.494 e. The van der Waals surface area contributed by atoms with Crippen LogP contribution in [0, 0.1) is 5.92 Å². The van der Waals surface area contributed by atoms with Crippen LogP contribution in [-0.4, -0.2) is 35.7 Å². The second-order valence-electron chi connectivity index (χ2n) is 5.66. The summed E-state index contributed by atoms with van der Waals surface area (Å²) in [5, 5.41) is 10.3. The Labute approximate surface area is 116 Å². The summed E-state index contributed by atoms with van der Waals surface area (Å²) in [5.41, 5.74) is 0.968. The van der Waals surface area contributed by atoms with E-state index in [0.29, 0.717) is 12.6 Å². The molecule has 106 valence electrons. The van der Waals surface area contributed by atoms with Crippen LogP contribution in [-0.2, 0) is 0 Å². The van der Waals surface area contributed by atoms with Gasteiger partial charge in [0, 0.05) is 19.1 Å². The van der Waals surface area contributed by atoms with Gasteiger partial charge >= 0.3 is 0 Å². The van der Waals surface area contributed by atoms with E-state index in [1.54, 1.807) is 0 Å². The highest BCUT2D eigenvalue weighted by atomic mass is 16.5. The van der Waals surface area contributed by atoms with Crippen LogP contribution in [0.5, 0.6) is 5.75 Å². The maximum Gasteiger partial charge on any atom is 0.119 e. The van der Waals surface area contributed by atoms with Gasteiger partial charge in [-0.05, 0) is 43.9 Å². The van der Waals surface area contributed by atoms with Crippen molar-refractivity contribution in [1.82, 2.24) is 4.90 Å². The lowest BCUT2D eigenvalue weighted by molar-refractivity contribution is 0.109. The monoisotopic (exact) mass is 263 g/mol. The van der Waals surface area contributed by atoms with Gasteiger partial charge in [-0.15, -0.1) is 0 Å². The van der Waals surface area contributed by atoms with Gasteiger partial charge in [0.25, 0.3) is 0 Å². The van der Waals surface area contributed by atoms with Crippen LogP contribution >= 0.6 is 0 Å². The van der Waals surface area contributed by atoms with Crippen LogP contribution in [0.3, 0.4) is 0 Å². The maximum atomic E-state index is 10.3. The number of aliphatic hydroxyl groups excluding tert-OH is 1. The van der Waals surface area contributed by atoms with E-state index < -0.39 is 6.10 Å². The van der Waals surface area contributed by atoms with Crippen LogP contribution in [0.2, 0.25) is 0 Å². The van der Waals surface area contributed by atoms with Crippen molar-refractivity contribution in [3.63, 3.8) is 0 Å². The molecule has 0 saturated carbocycles. The molecule has 0 radical (unpaired) electrons. The normalized spacial score (nSPS) is 25.5. The van der Waals surface area contributed by atoms with Gasteiger partial charge in [-0.3, -0.25) is 4.90 Å². The fraction of sp³-hybridized carbons (Fsp3) is 0.625. The minimum Gasteiger partial charge on any atom is -0.494 e. The zero-order valence-electron chi connectivity index (χ0n) is 12.2. The molecule has 3 heteroatoms. The van der Waals surface area contributed by atoms with Crippen molar-refractivity contribution in [1.29, 1.82) is 0 Å². The summed E-state index contributed by atoms with van der Waals surface area (Å²) in [6, 6.07) is 8.35. The first-order chi connectivity index (χ1) is 9.10. The zero-order chi connectivity index (χ0) is 13.8. The smallest absolute Gasteiger partial charge is 0.119 e. The Hall–Kier alpha value is -1.06. The summed E-state index contributed by atoms with van der Waals surface area (Å²) in [5.74, 6) is 1.60. The van der Waals surface area contributed by atoms with Gasteiger partial charge in [-0.1, -0.05) is 19.1 Å². The standard InChI is InChI=1S/C16H25NO2/c1-4-19-15-7-5-14(6-8-15)16(18)11-17-10-12(2)9-13(17)3/h5-8,12-13,16,18H,4,9-11H2,1-3H3. The topological polar surface area (TPSA) is 32.7 Å². The molecule has 1 fully saturated rings. The fourth-order valence-corrected chi connectivity index (χ4v) is 2.92. The Bertz CT molecular complexity index is 390. The molecule has 2 rings (SSSR count). The van der Waals surface area contributed by atoms with Crippen molar-refractivity contribution in [3.8, 4) is 5.75 Å². The predicted molar refractivity (Wildman–Crippen MR) is 77.4 cm³/mol. The molecule has 1 N–H and O–H groups in total. The molecule has 1 heterocycles. The molecule has 3 atom stereocenters. The van der Waals surface area contributed by atoms with Gasteiger partial charge in [-0.25, -0.2) is 0 Å². The van der Waals surface area contributed by atoms with E-state index in [1.165, 1.54) is 6.42 Å². The first kappa shape index (κ1) is 14.4. The summed E-state index contributed by atoms with van der Waals surface area (Å²) >= 11 is 0. The molecule has 0 amide bonds. The van der Waals surface area contributed by atoms with Crippen molar-refractivity contribution < 1.29 is 9.84 Å². The Morgan fingerprint density at radius 1 is 1.32 bits per heavy atom. The zero-order valence-corrected chi connectivity index (χ0v) is 12.2. The number of rotatable bonds is 5. The molecule has 3 unspecified atom stereocenters. The van der Waals surface area contributed by atoms with Crippen LogP contribution in [0.25, 0.3) is 0 Å². The molecule has 1 aliphatic heterocycles. The van der Waals surface area contributed by atoms with Crippen LogP contribution < -0.4 is 4.74 Å².